The third-order valence-corrected chi connectivity index (χ3v) is 2.60. The van der Waals surface area contributed by atoms with E-state index in [0.717, 1.165) is 24.3 Å². The van der Waals surface area contributed by atoms with E-state index in [1.807, 2.05) is 0 Å². The van der Waals surface area contributed by atoms with Gasteiger partial charge in [0.1, 0.15) is 0 Å². The summed E-state index contributed by atoms with van der Waals surface area (Å²) in [5.74, 6) is 0. The molecule has 8 heteroatoms. The summed E-state index contributed by atoms with van der Waals surface area (Å²) < 4.78 is 0. The van der Waals surface area contributed by atoms with Crippen molar-refractivity contribution in [3.63, 3.8) is 0 Å². The molecule has 0 amide bonds. The Kier molecular flexibility index (Phi) is 4.97. The predicted molar refractivity (Wildman–Crippen MR) is 82.3 cm³/mol. The number of hydrogen-bond acceptors (Lipinski definition) is 4. The molecule has 0 bridgehead atoms. The van der Waals surface area contributed by atoms with Crippen LogP contribution in [0.1, 0.15) is 33.1 Å². The maximum Gasteiger partial charge on any atom is 0.184 e. The first-order valence-electron chi connectivity index (χ1n) is 5.50. The topological polar surface area (TPSA) is 101 Å². The number of nitrogens with zero attached hydrogens (tertiary/aromatic N) is 2. The molecule has 1 saturated carbocycles. The molecule has 0 saturated heterocycles. The second-order valence-electron chi connectivity index (χ2n) is 5.00. The van der Waals surface area contributed by atoms with E-state index in [2.05, 4.69) is 34.9 Å². The summed E-state index contributed by atoms with van der Waals surface area (Å²) in [7, 11) is 0. The van der Waals surface area contributed by atoms with Crippen molar-refractivity contribution in [3.8, 4) is 0 Å². The highest BCUT2D eigenvalue weighted by Crippen LogP contribution is 2.32. The standard InChI is InChI=1S/C10H18N6S2/c1-10(2)4-6(13-15-8(11)17)3-7(5-10)14-16-9(12)18/h3-5H2,1-2H3,(H3,11,15,17)(H3,12,16,18)/b13-6-,14-7-. The van der Waals surface area contributed by atoms with Crippen molar-refractivity contribution < 1.29 is 0 Å². The molecule has 0 aliphatic heterocycles. The van der Waals surface area contributed by atoms with Crippen LogP contribution in [0.25, 0.3) is 0 Å². The molecule has 100 valence electrons. The Morgan fingerprint density at radius 2 is 1.44 bits per heavy atom. The van der Waals surface area contributed by atoms with Gasteiger partial charge in [-0.05, 0) is 42.7 Å². The second-order valence-corrected chi connectivity index (χ2v) is 5.88. The first kappa shape index (κ1) is 14.8. The highest BCUT2D eigenvalue weighted by atomic mass is 32.1. The molecule has 6 nitrogen and oxygen atoms in total. The summed E-state index contributed by atoms with van der Waals surface area (Å²) in [5.41, 5.74) is 17.9. The smallest absolute Gasteiger partial charge is 0.184 e. The van der Waals surface area contributed by atoms with Gasteiger partial charge in [-0.3, -0.25) is 10.9 Å². The van der Waals surface area contributed by atoms with Crippen LogP contribution in [0, 0.1) is 5.41 Å². The summed E-state index contributed by atoms with van der Waals surface area (Å²) in [4.78, 5) is 0. The third-order valence-electron chi connectivity index (χ3n) is 2.42. The van der Waals surface area contributed by atoms with Crippen LogP contribution in [0.2, 0.25) is 0 Å². The Bertz CT molecular complexity index is 377. The van der Waals surface area contributed by atoms with Gasteiger partial charge in [0.2, 0.25) is 0 Å². The van der Waals surface area contributed by atoms with Gasteiger partial charge >= 0.3 is 0 Å². The van der Waals surface area contributed by atoms with E-state index < -0.39 is 0 Å². The maximum absolute atomic E-state index is 5.35. The molecular weight excluding hydrogens is 268 g/mol. The van der Waals surface area contributed by atoms with Crippen molar-refractivity contribution in [1.29, 1.82) is 0 Å². The fourth-order valence-electron chi connectivity index (χ4n) is 1.95. The van der Waals surface area contributed by atoms with E-state index in [-0.39, 0.29) is 15.6 Å². The number of nitrogens with two attached hydrogens (primary N) is 2. The lowest BCUT2D eigenvalue weighted by atomic mass is 9.75. The largest absolute Gasteiger partial charge is 0.375 e. The van der Waals surface area contributed by atoms with E-state index in [9.17, 15) is 0 Å². The third kappa shape index (κ3) is 5.37. The van der Waals surface area contributed by atoms with E-state index in [1.54, 1.807) is 0 Å². The van der Waals surface area contributed by atoms with E-state index in [4.69, 9.17) is 35.9 Å². The Balaban J connectivity index is 2.78. The van der Waals surface area contributed by atoms with Crippen LogP contribution in [-0.4, -0.2) is 21.6 Å². The SMILES string of the molecule is CC1(C)C/C(=N\NC(N)=S)C/C(=N/NC(N)=S)C1. The van der Waals surface area contributed by atoms with Crippen molar-refractivity contribution in [2.75, 3.05) is 0 Å². The molecule has 1 aliphatic carbocycles. The normalized spacial score (nSPS) is 22.8. The lowest BCUT2D eigenvalue weighted by Crippen LogP contribution is -2.34. The summed E-state index contributed by atoms with van der Waals surface area (Å²) >= 11 is 9.44. The van der Waals surface area contributed by atoms with Gasteiger partial charge in [0.05, 0.1) is 0 Å². The fourth-order valence-corrected chi connectivity index (χ4v) is 2.05. The van der Waals surface area contributed by atoms with Gasteiger partial charge in [0, 0.05) is 17.8 Å². The van der Waals surface area contributed by atoms with Gasteiger partial charge in [0.15, 0.2) is 10.2 Å². The Morgan fingerprint density at radius 1 is 1.06 bits per heavy atom. The van der Waals surface area contributed by atoms with Crippen molar-refractivity contribution in [3.05, 3.63) is 0 Å². The number of thiocarbonyl (C=S) groups is 2. The van der Waals surface area contributed by atoms with Crippen molar-refractivity contribution in [2.24, 2.45) is 27.1 Å². The van der Waals surface area contributed by atoms with Crippen LogP contribution in [0.15, 0.2) is 10.2 Å². The lowest BCUT2D eigenvalue weighted by Gasteiger charge is -2.31. The molecular formula is C10H18N6S2. The molecule has 0 radical (unpaired) electrons. The van der Waals surface area contributed by atoms with Gasteiger partial charge < -0.3 is 11.5 Å². The van der Waals surface area contributed by atoms with Crippen LogP contribution in [0.4, 0.5) is 0 Å². The molecule has 0 aromatic rings. The van der Waals surface area contributed by atoms with Crippen LogP contribution in [0.5, 0.6) is 0 Å². The van der Waals surface area contributed by atoms with Gasteiger partial charge in [-0.1, -0.05) is 13.8 Å². The predicted octanol–water partition coefficient (Wildman–Crippen LogP) is 0.575. The first-order valence-corrected chi connectivity index (χ1v) is 6.32. The summed E-state index contributed by atoms with van der Waals surface area (Å²) in [6.45, 7) is 4.30. The molecule has 0 heterocycles. The average molecular weight is 286 g/mol. The Morgan fingerprint density at radius 3 is 1.78 bits per heavy atom. The summed E-state index contributed by atoms with van der Waals surface area (Å²) in [5, 5.41) is 8.68. The minimum atomic E-state index is 0.0890. The maximum atomic E-state index is 5.35. The van der Waals surface area contributed by atoms with E-state index in [1.165, 1.54) is 0 Å². The summed E-state index contributed by atoms with van der Waals surface area (Å²) in [6.07, 6.45) is 2.40. The second kappa shape index (κ2) is 6.05. The molecule has 0 spiro atoms. The zero-order valence-corrected chi connectivity index (χ0v) is 12.1. The lowest BCUT2D eigenvalue weighted by molar-refractivity contribution is 0.388. The van der Waals surface area contributed by atoms with Crippen molar-refractivity contribution in [1.82, 2.24) is 10.9 Å². The summed E-state index contributed by atoms with van der Waals surface area (Å²) in [6, 6.07) is 0. The molecule has 0 aromatic carbocycles. The Hall–Kier alpha value is -1.28. The van der Waals surface area contributed by atoms with Crippen LogP contribution in [0.3, 0.4) is 0 Å². The molecule has 18 heavy (non-hydrogen) atoms. The number of hydrazone groups is 2. The van der Waals surface area contributed by atoms with E-state index >= 15 is 0 Å². The molecule has 1 rings (SSSR count). The Labute approximate surface area is 117 Å². The first-order chi connectivity index (χ1) is 8.28. The zero-order valence-electron chi connectivity index (χ0n) is 10.5. The van der Waals surface area contributed by atoms with Gasteiger partial charge in [-0.25, -0.2) is 0 Å². The quantitative estimate of drug-likeness (QED) is 0.437. The molecule has 1 fully saturated rings. The average Bonchev–Trinajstić information content (AvgIpc) is 2.21. The highest BCUT2D eigenvalue weighted by Gasteiger charge is 2.29. The molecule has 0 aromatic heterocycles. The van der Waals surface area contributed by atoms with Gasteiger partial charge in [0.25, 0.3) is 0 Å². The zero-order chi connectivity index (χ0) is 13.8. The van der Waals surface area contributed by atoms with Crippen LogP contribution >= 0.6 is 24.4 Å². The van der Waals surface area contributed by atoms with Crippen molar-refractivity contribution >= 4 is 46.1 Å². The molecule has 1 aliphatic rings. The molecule has 0 atom stereocenters. The fraction of sp³-hybridized carbons (Fsp3) is 0.600. The number of nitrogens with one attached hydrogen (secondary N) is 2. The number of rotatable bonds is 2. The van der Waals surface area contributed by atoms with Crippen molar-refractivity contribution in [2.45, 2.75) is 33.1 Å². The van der Waals surface area contributed by atoms with Gasteiger partial charge in [-0.2, -0.15) is 10.2 Å². The molecule has 6 N–H and O–H groups in total. The van der Waals surface area contributed by atoms with E-state index in [0.29, 0.717) is 6.42 Å². The molecule has 0 unspecified atom stereocenters. The van der Waals surface area contributed by atoms with Gasteiger partial charge in [-0.15, -0.1) is 0 Å². The van der Waals surface area contributed by atoms with Crippen LogP contribution in [-0.2, 0) is 0 Å². The number of hydrogen-bond donors (Lipinski definition) is 4. The highest BCUT2D eigenvalue weighted by molar-refractivity contribution is 7.80. The minimum absolute atomic E-state index is 0.0890. The monoisotopic (exact) mass is 286 g/mol. The minimum Gasteiger partial charge on any atom is -0.375 e. The van der Waals surface area contributed by atoms with Crippen LogP contribution < -0.4 is 22.3 Å².